The number of hydrogen-bond acceptors (Lipinski definition) is 5. The molecule has 132 valence electrons. The zero-order valence-corrected chi connectivity index (χ0v) is 14.3. The van der Waals surface area contributed by atoms with Gasteiger partial charge in [0.05, 0.1) is 19.3 Å². The zero-order chi connectivity index (χ0) is 17.1. The standard InChI is InChI=1S/C19H23FN4O/c20-16-5-3-4-15(12-16)13-24-10-11-25-14-17(24)19-21-7-6-18(22-19)23-8-1-2-9-23/h3-7,12,17H,1-2,8-11,13-14H2/t17-/m1/s1. The minimum absolute atomic E-state index is 0.000398. The van der Waals surface area contributed by atoms with E-state index in [1.165, 1.54) is 18.9 Å². The molecule has 2 fully saturated rings. The van der Waals surface area contributed by atoms with Crippen LogP contribution in [0.15, 0.2) is 36.5 Å². The average Bonchev–Trinajstić information content (AvgIpc) is 3.17. The third-order valence-electron chi connectivity index (χ3n) is 4.90. The second-order valence-corrected chi connectivity index (χ2v) is 6.66. The van der Waals surface area contributed by atoms with Gasteiger partial charge in [0.2, 0.25) is 0 Å². The summed E-state index contributed by atoms with van der Waals surface area (Å²) in [5.41, 5.74) is 0.961. The molecule has 1 atom stereocenters. The molecule has 1 aromatic heterocycles. The fraction of sp³-hybridized carbons (Fsp3) is 0.474. The van der Waals surface area contributed by atoms with E-state index in [0.717, 1.165) is 36.8 Å². The summed E-state index contributed by atoms with van der Waals surface area (Å²) in [6.07, 6.45) is 4.28. The summed E-state index contributed by atoms with van der Waals surface area (Å²) >= 11 is 0. The molecule has 2 aromatic rings. The molecule has 0 N–H and O–H groups in total. The van der Waals surface area contributed by atoms with E-state index < -0.39 is 0 Å². The van der Waals surface area contributed by atoms with Crippen LogP contribution in [0.3, 0.4) is 0 Å². The van der Waals surface area contributed by atoms with Gasteiger partial charge in [0.1, 0.15) is 17.5 Å². The van der Waals surface area contributed by atoms with Crippen LogP contribution in [0.4, 0.5) is 10.2 Å². The lowest BCUT2D eigenvalue weighted by atomic mass is 10.1. The Bertz CT molecular complexity index is 720. The molecule has 2 aliphatic heterocycles. The van der Waals surface area contributed by atoms with Gasteiger partial charge in [-0.25, -0.2) is 14.4 Å². The molecule has 0 unspecified atom stereocenters. The maximum atomic E-state index is 13.5. The lowest BCUT2D eigenvalue weighted by molar-refractivity contribution is -0.0159. The van der Waals surface area contributed by atoms with Crippen molar-refractivity contribution in [1.82, 2.24) is 14.9 Å². The Morgan fingerprint density at radius 2 is 2.04 bits per heavy atom. The van der Waals surface area contributed by atoms with Gasteiger partial charge in [-0.05, 0) is 36.6 Å². The van der Waals surface area contributed by atoms with E-state index in [9.17, 15) is 4.39 Å². The van der Waals surface area contributed by atoms with Crippen molar-refractivity contribution in [2.75, 3.05) is 37.7 Å². The third kappa shape index (κ3) is 3.80. The highest BCUT2D eigenvalue weighted by atomic mass is 19.1. The van der Waals surface area contributed by atoms with Crippen LogP contribution in [0.5, 0.6) is 0 Å². The van der Waals surface area contributed by atoms with E-state index in [1.54, 1.807) is 12.1 Å². The number of benzene rings is 1. The van der Waals surface area contributed by atoms with Gasteiger partial charge in [-0.15, -0.1) is 0 Å². The van der Waals surface area contributed by atoms with E-state index in [1.807, 2.05) is 18.3 Å². The van der Waals surface area contributed by atoms with Crippen molar-refractivity contribution in [3.05, 3.63) is 53.7 Å². The number of anilines is 1. The quantitative estimate of drug-likeness (QED) is 0.855. The second kappa shape index (κ2) is 7.45. The van der Waals surface area contributed by atoms with Gasteiger partial charge in [-0.3, -0.25) is 4.90 Å². The predicted octanol–water partition coefficient (Wildman–Crippen LogP) is 2.79. The molecular weight excluding hydrogens is 319 g/mol. The summed E-state index contributed by atoms with van der Waals surface area (Å²) in [7, 11) is 0. The number of morpholine rings is 1. The Labute approximate surface area is 147 Å². The Morgan fingerprint density at radius 1 is 1.16 bits per heavy atom. The largest absolute Gasteiger partial charge is 0.378 e. The first kappa shape index (κ1) is 16.4. The van der Waals surface area contributed by atoms with Crippen LogP contribution in [-0.2, 0) is 11.3 Å². The molecule has 25 heavy (non-hydrogen) atoms. The van der Waals surface area contributed by atoms with E-state index in [0.29, 0.717) is 19.8 Å². The minimum Gasteiger partial charge on any atom is -0.378 e. The van der Waals surface area contributed by atoms with Gasteiger partial charge >= 0.3 is 0 Å². The molecule has 0 aliphatic carbocycles. The normalized spacial score (nSPS) is 21.6. The Hall–Kier alpha value is -2.05. The predicted molar refractivity (Wildman–Crippen MR) is 93.8 cm³/mol. The van der Waals surface area contributed by atoms with Gasteiger partial charge in [0, 0.05) is 32.4 Å². The number of rotatable bonds is 4. The van der Waals surface area contributed by atoms with E-state index in [-0.39, 0.29) is 11.9 Å². The number of hydrogen-bond donors (Lipinski definition) is 0. The SMILES string of the molecule is Fc1cccc(CN2CCOC[C@@H]2c2nccc(N3CCCC3)n2)c1. The summed E-state index contributed by atoms with van der Waals surface area (Å²) < 4.78 is 19.2. The fourth-order valence-electron chi connectivity index (χ4n) is 3.58. The first-order valence-corrected chi connectivity index (χ1v) is 8.94. The molecular formula is C19H23FN4O. The lowest BCUT2D eigenvalue weighted by Gasteiger charge is -2.34. The fourth-order valence-corrected chi connectivity index (χ4v) is 3.58. The lowest BCUT2D eigenvalue weighted by Crippen LogP contribution is -2.40. The van der Waals surface area contributed by atoms with Gasteiger partial charge in [-0.2, -0.15) is 0 Å². The molecule has 0 amide bonds. The Morgan fingerprint density at radius 3 is 2.88 bits per heavy atom. The number of nitrogens with zero attached hydrogens (tertiary/aromatic N) is 4. The van der Waals surface area contributed by atoms with Crippen LogP contribution >= 0.6 is 0 Å². The van der Waals surface area contributed by atoms with Crippen molar-refractivity contribution < 1.29 is 9.13 Å². The molecule has 0 bridgehead atoms. The summed E-state index contributed by atoms with van der Waals surface area (Å²) in [4.78, 5) is 13.9. The summed E-state index contributed by atoms with van der Waals surface area (Å²) in [6, 6.07) is 8.76. The molecule has 1 aromatic carbocycles. The maximum absolute atomic E-state index is 13.5. The van der Waals surface area contributed by atoms with Gasteiger partial charge in [0.15, 0.2) is 0 Å². The monoisotopic (exact) mass is 342 g/mol. The van der Waals surface area contributed by atoms with Crippen molar-refractivity contribution in [1.29, 1.82) is 0 Å². The van der Waals surface area contributed by atoms with E-state index >= 15 is 0 Å². The number of aromatic nitrogens is 2. The minimum atomic E-state index is -0.199. The van der Waals surface area contributed by atoms with Crippen molar-refractivity contribution in [2.45, 2.75) is 25.4 Å². The summed E-state index contributed by atoms with van der Waals surface area (Å²) in [6.45, 7) is 4.83. The van der Waals surface area contributed by atoms with Crippen molar-refractivity contribution in [3.63, 3.8) is 0 Å². The first-order valence-electron chi connectivity index (χ1n) is 8.94. The van der Waals surface area contributed by atoms with E-state index in [4.69, 9.17) is 9.72 Å². The highest BCUT2D eigenvalue weighted by Gasteiger charge is 2.28. The Balaban J connectivity index is 1.55. The molecule has 0 saturated carbocycles. The van der Waals surface area contributed by atoms with Crippen LogP contribution in [0.2, 0.25) is 0 Å². The molecule has 5 nitrogen and oxygen atoms in total. The smallest absolute Gasteiger partial charge is 0.150 e. The molecule has 4 rings (SSSR count). The van der Waals surface area contributed by atoms with Crippen LogP contribution in [0, 0.1) is 5.82 Å². The highest BCUT2D eigenvalue weighted by molar-refractivity contribution is 5.38. The Kier molecular flexibility index (Phi) is 4.90. The van der Waals surface area contributed by atoms with Crippen molar-refractivity contribution in [2.24, 2.45) is 0 Å². The van der Waals surface area contributed by atoms with Crippen LogP contribution in [0.1, 0.15) is 30.3 Å². The molecule has 2 aliphatic rings. The van der Waals surface area contributed by atoms with Crippen LogP contribution < -0.4 is 4.90 Å². The topological polar surface area (TPSA) is 41.5 Å². The number of ether oxygens (including phenoxy) is 1. The average molecular weight is 342 g/mol. The highest BCUT2D eigenvalue weighted by Crippen LogP contribution is 2.26. The van der Waals surface area contributed by atoms with Gasteiger partial charge < -0.3 is 9.64 Å². The summed E-state index contributed by atoms with van der Waals surface area (Å²) in [5, 5.41) is 0. The zero-order valence-electron chi connectivity index (χ0n) is 14.3. The van der Waals surface area contributed by atoms with Crippen molar-refractivity contribution >= 4 is 5.82 Å². The molecule has 3 heterocycles. The molecule has 6 heteroatoms. The van der Waals surface area contributed by atoms with Gasteiger partial charge in [0.25, 0.3) is 0 Å². The molecule has 0 spiro atoms. The van der Waals surface area contributed by atoms with Crippen LogP contribution in [0.25, 0.3) is 0 Å². The van der Waals surface area contributed by atoms with E-state index in [2.05, 4.69) is 14.8 Å². The first-order chi connectivity index (χ1) is 12.3. The maximum Gasteiger partial charge on any atom is 0.150 e. The number of halogens is 1. The summed E-state index contributed by atoms with van der Waals surface area (Å²) in [5.74, 6) is 1.59. The molecule has 0 radical (unpaired) electrons. The third-order valence-corrected chi connectivity index (χ3v) is 4.90. The second-order valence-electron chi connectivity index (χ2n) is 6.66. The van der Waals surface area contributed by atoms with Crippen molar-refractivity contribution in [3.8, 4) is 0 Å². The van der Waals surface area contributed by atoms with Crippen LogP contribution in [-0.4, -0.2) is 47.7 Å². The van der Waals surface area contributed by atoms with Gasteiger partial charge in [-0.1, -0.05) is 12.1 Å². The molecule has 2 saturated heterocycles.